The molecule has 0 aliphatic rings. The molecule has 3 rings (SSSR count). The van der Waals surface area contributed by atoms with Crippen LogP contribution in [0.15, 0.2) is 53.1 Å². The zero-order chi connectivity index (χ0) is 16.4. The third-order valence-corrected chi connectivity index (χ3v) is 3.78. The summed E-state index contributed by atoms with van der Waals surface area (Å²) in [5, 5.41) is 7.96. The van der Waals surface area contributed by atoms with Crippen molar-refractivity contribution in [2.45, 2.75) is 6.92 Å². The average Bonchev–Trinajstić information content (AvgIpc) is 2.91. The van der Waals surface area contributed by atoms with Crippen LogP contribution in [0.2, 0.25) is 10.0 Å². The van der Waals surface area contributed by atoms with Crippen LogP contribution in [0.4, 0.5) is 5.69 Å². The molecule has 0 bridgehead atoms. The Morgan fingerprint density at radius 1 is 1.09 bits per heavy atom. The Kier molecular flexibility index (Phi) is 4.37. The monoisotopic (exact) mass is 346 g/mol. The van der Waals surface area contributed by atoms with E-state index in [1.807, 2.05) is 6.07 Å². The number of rotatable bonds is 3. The summed E-state index contributed by atoms with van der Waals surface area (Å²) in [6, 6.07) is 14.0. The van der Waals surface area contributed by atoms with Crippen molar-refractivity contribution in [2.24, 2.45) is 0 Å². The fraction of sp³-hybridized carbons (Fsp3) is 0.0588. The number of amides is 1. The van der Waals surface area contributed by atoms with Crippen LogP contribution in [0, 0.1) is 6.92 Å². The van der Waals surface area contributed by atoms with E-state index < -0.39 is 0 Å². The van der Waals surface area contributed by atoms with Gasteiger partial charge >= 0.3 is 0 Å². The number of benzene rings is 2. The smallest absolute Gasteiger partial charge is 0.261 e. The molecule has 116 valence electrons. The molecule has 1 N–H and O–H groups in total. The third kappa shape index (κ3) is 3.38. The summed E-state index contributed by atoms with van der Waals surface area (Å²) in [5.41, 5.74) is 2.19. The molecule has 0 aliphatic carbocycles. The number of aromatic nitrogens is 1. The molecule has 2 aromatic carbocycles. The largest absolute Gasteiger partial charge is 0.360 e. The van der Waals surface area contributed by atoms with Gasteiger partial charge in [-0.3, -0.25) is 4.79 Å². The molecule has 6 heteroatoms. The number of carbonyl (C=O) groups excluding carboxylic acids is 1. The van der Waals surface area contributed by atoms with Crippen molar-refractivity contribution in [3.05, 3.63) is 69.9 Å². The van der Waals surface area contributed by atoms with Crippen LogP contribution in [-0.2, 0) is 0 Å². The number of halogens is 2. The van der Waals surface area contributed by atoms with Gasteiger partial charge in [0.2, 0.25) is 0 Å². The molecule has 0 unspecified atom stereocenters. The molecule has 0 saturated carbocycles. The normalized spacial score (nSPS) is 10.6. The lowest BCUT2D eigenvalue weighted by molar-refractivity contribution is 0.102. The van der Waals surface area contributed by atoms with Gasteiger partial charge in [-0.25, -0.2) is 0 Å². The Hall–Kier alpha value is -2.30. The maximum atomic E-state index is 12.6. The maximum absolute atomic E-state index is 12.6. The van der Waals surface area contributed by atoms with E-state index in [2.05, 4.69) is 10.5 Å². The van der Waals surface area contributed by atoms with Crippen molar-refractivity contribution in [1.82, 2.24) is 5.16 Å². The number of nitrogens with zero attached hydrogens (tertiary/aromatic N) is 1. The van der Waals surface area contributed by atoms with E-state index in [1.165, 1.54) is 0 Å². The summed E-state index contributed by atoms with van der Waals surface area (Å²) >= 11 is 11.8. The minimum Gasteiger partial charge on any atom is -0.360 e. The second-order valence-electron chi connectivity index (χ2n) is 4.93. The van der Waals surface area contributed by atoms with E-state index in [4.69, 9.17) is 27.7 Å². The van der Waals surface area contributed by atoms with Crippen LogP contribution in [0.1, 0.15) is 16.1 Å². The van der Waals surface area contributed by atoms with Crippen LogP contribution in [0.5, 0.6) is 0 Å². The van der Waals surface area contributed by atoms with Crippen LogP contribution >= 0.6 is 23.2 Å². The van der Waals surface area contributed by atoms with Crippen molar-refractivity contribution in [1.29, 1.82) is 0 Å². The summed E-state index contributed by atoms with van der Waals surface area (Å²) in [6.45, 7) is 1.69. The number of hydrogen-bond donors (Lipinski definition) is 1. The molecule has 1 heterocycles. The van der Waals surface area contributed by atoms with Crippen LogP contribution in [0.25, 0.3) is 11.3 Å². The molecular weight excluding hydrogens is 335 g/mol. The molecule has 0 saturated heterocycles. The van der Waals surface area contributed by atoms with Crippen molar-refractivity contribution in [3.63, 3.8) is 0 Å². The molecule has 0 aliphatic heterocycles. The first-order valence-electron chi connectivity index (χ1n) is 6.84. The Morgan fingerprint density at radius 2 is 1.83 bits per heavy atom. The SMILES string of the molecule is Cc1onc(-c2cccc(Cl)c2)c1C(=O)Nc1ccc(Cl)cc1. The van der Waals surface area contributed by atoms with Crippen molar-refractivity contribution in [3.8, 4) is 11.3 Å². The third-order valence-electron chi connectivity index (χ3n) is 3.29. The summed E-state index contributed by atoms with van der Waals surface area (Å²) in [4.78, 5) is 12.6. The number of nitrogens with one attached hydrogen (secondary N) is 1. The maximum Gasteiger partial charge on any atom is 0.261 e. The van der Waals surface area contributed by atoms with Crippen LogP contribution in [-0.4, -0.2) is 11.1 Å². The van der Waals surface area contributed by atoms with E-state index in [-0.39, 0.29) is 5.91 Å². The highest BCUT2D eigenvalue weighted by Gasteiger charge is 2.21. The Balaban J connectivity index is 1.95. The van der Waals surface area contributed by atoms with Gasteiger partial charge in [0.15, 0.2) is 0 Å². The zero-order valence-electron chi connectivity index (χ0n) is 12.1. The summed E-state index contributed by atoms with van der Waals surface area (Å²) in [7, 11) is 0. The summed E-state index contributed by atoms with van der Waals surface area (Å²) < 4.78 is 5.19. The van der Waals surface area contributed by atoms with E-state index in [9.17, 15) is 4.79 Å². The molecule has 0 radical (unpaired) electrons. The molecule has 4 nitrogen and oxygen atoms in total. The van der Waals surface area contributed by atoms with Gasteiger partial charge in [0.25, 0.3) is 5.91 Å². The first-order valence-corrected chi connectivity index (χ1v) is 7.59. The van der Waals surface area contributed by atoms with Gasteiger partial charge in [-0.15, -0.1) is 0 Å². The lowest BCUT2D eigenvalue weighted by Crippen LogP contribution is -2.13. The lowest BCUT2D eigenvalue weighted by atomic mass is 10.1. The summed E-state index contributed by atoms with van der Waals surface area (Å²) in [5.74, 6) is 0.132. The second-order valence-corrected chi connectivity index (χ2v) is 5.81. The Morgan fingerprint density at radius 3 is 2.52 bits per heavy atom. The van der Waals surface area contributed by atoms with E-state index in [0.717, 1.165) is 5.56 Å². The standard InChI is InChI=1S/C17H12Cl2N2O2/c1-10-15(17(22)20-14-7-5-12(18)6-8-14)16(21-23-10)11-3-2-4-13(19)9-11/h2-9H,1H3,(H,20,22). The summed E-state index contributed by atoms with van der Waals surface area (Å²) in [6.07, 6.45) is 0. The number of anilines is 1. The van der Waals surface area contributed by atoms with Gasteiger partial charge < -0.3 is 9.84 Å². The molecule has 23 heavy (non-hydrogen) atoms. The highest BCUT2D eigenvalue weighted by atomic mass is 35.5. The zero-order valence-corrected chi connectivity index (χ0v) is 13.7. The van der Waals surface area contributed by atoms with Crippen LogP contribution in [0.3, 0.4) is 0 Å². The number of hydrogen-bond acceptors (Lipinski definition) is 3. The van der Waals surface area contributed by atoms with Gasteiger partial charge in [-0.2, -0.15) is 0 Å². The minimum absolute atomic E-state index is 0.305. The quantitative estimate of drug-likeness (QED) is 0.708. The van der Waals surface area contributed by atoms with Crippen molar-refractivity contribution in [2.75, 3.05) is 5.32 Å². The predicted octanol–water partition coefficient (Wildman–Crippen LogP) is 5.21. The fourth-order valence-electron chi connectivity index (χ4n) is 2.20. The van der Waals surface area contributed by atoms with Crippen molar-refractivity contribution < 1.29 is 9.32 Å². The highest BCUT2D eigenvalue weighted by Crippen LogP contribution is 2.28. The number of carbonyl (C=O) groups is 1. The first-order chi connectivity index (χ1) is 11.0. The molecule has 0 spiro atoms. The molecule has 0 atom stereocenters. The Labute approximate surface area is 143 Å². The average molecular weight is 347 g/mol. The van der Waals surface area contributed by atoms with Gasteiger partial charge in [-0.05, 0) is 43.3 Å². The first kappa shape index (κ1) is 15.6. The van der Waals surface area contributed by atoms with Crippen LogP contribution < -0.4 is 5.32 Å². The van der Waals surface area contributed by atoms with E-state index in [1.54, 1.807) is 49.4 Å². The van der Waals surface area contributed by atoms with Gasteiger partial charge in [0.1, 0.15) is 17.0 Å². The van der Waals surface area contributed by atoms with E-state index >= 15 is 0 Å². The van der Waals surface area contributed by atoms with Crippen molar-refractivity contribution >= 4 is 34.8 Å². The second kappa shape index (κ2) is 6.44. The van der Waals surface area contributed by atoms with Gasteiger partial charge in [0, 0.05) is 21.3 Å². The predicted molar refractivity (Wildman–Crippen MR) is 91.1 cm³/mol. The lowest BCUT2D eigenvalue weighted by Gasteiger charge is -2.06. The molecule has 3 aromatic rings. The highest BCUT2D eigenvalue weighted by molar-refractivity contribution is 6.31. The van der Waals surface area contributed by atoms with Gasteiger partial charge in [-0.1, -0.05) is 40.5 Å². The molecule has 1 aromatic heterocycles. The molecule has 0 fully saturated rings. The van der Waals surface area contributed by atoms with E-state index in [0.29, 0.717) is 32.8 Å². The molecule has 1 amide bonds. The topological polar surface area (TPSA) is 55.1 Å². The number of aryl methyl sites for hydroxylation is 1. The minimum atomic E-state index is -0.305. The Bertz CT molecular complexity index is 857. The molecular formula is C17H12Cl2N2O2. The van der Waals surface area contributed by atoms with Gasteiger partial charge in [0.05, 0.1) is 0 Å². The fourth-order valence-corrected chi connectivity index (χ4v) is 2.52.